The molecule has 3 rings (SSSR count). The van der Waals surface area contributed by atoms with E-state index in [0.717, 1.165) is 50.5 Å². The summed E-state index contributed by atoms with van der Waals surface area (Å²) in [7, 11) is 1.66. The van der Waals surface area contributed by atoms with E-state index in [2.05, 4.69) is 4.90 Å². The highest BCUT2D eigenvalue weighted by Crippen LogP contribution is 2.33. The molecule has 2 aliphatic rings. The maximum atomic E-state index is 12.0. The van der Waals surface area contributed by atoms with Gasteiger partial charge in [0.05, 0.1) is 12.8 Å². The molecule has 1 amide bonds. The van der Waals surface area contributed by atoms with Crippen molar-refractivity contribution in [3.63, 3.8) is 0 Å². The summed E-state index contributed by atoms with van der Waals surface area (Å²) in [5.41, 5.74) is 7.54. The zero-order chi connectivity index (χ0) is 14.1. The maximum Gasteiger partial charge on any atom is 0.225 e. The fraction of sp³-hybridized carbons (Fsp3) is 0.533. The van der Waals surface area contributed by atoms with Crippen molar-refractivity contribution in [2.75, 3.05) is 43.9 Å². The van der Waals surface area contributed by atoms with Gasteiger partial charge < -0.3 is 20.3 Å². The van der Waals surface area contributed by atoms with Crippen molar-refractivity contribution in [1.82, 2.24) is 4.90 Å². The summed E-state index contributed by atoms with van der Waals surface area (Å²) in [5, 5.41) is 0. The Bertz CT molecular complexity index is 506. The van der Waals surface area contributed by atoms with Crippen LogP contribution in [0.4, 0.5) is 11.4 Å². The Morgan fingerprint density at radius 1 is 1.25 bits per heavy atom. The molecule has 5 heteroatoms. The van der Waals surface area contributed by atoms with Crippen LogP contribution in [-0.2, 0) is 4.79 Å². The fourth-order valence-electron chi connectivity index (χ4n) is 2.71. The van der Waals surface area contributed by atoms with Crippen molar-refractivity contribution < 1.29 is 9.53 Å². The van der Waals surface area contributed by atoms with E-state index in [1.807, 2.05) is 23.1 Å². The summed E-state index contributed by atoms with van der Waals surface area (Å²) in [4.78, 5) is 16.3. The molecule has 20 heavy (non-hydrogen) atoms. The third-order valence-corrected chi connectivity index (χ3v) is 4.06. The van der Waals surface area contributed by atoms with Crippen LogP contribution in [0.1, 0.15) is 12.8 Å². The second-order valence-corrected chi connectivity index (χ2v) is 5.52. The molecule has 1 heterocycles. The summed E-state index contributed by atoms with van der Waals surface area (Å²) >= 11 is 0. The Balaban J connectivity index is 1.67. The highest BCUT2D eigenvalue weighted by molar-refractivity contribution is 5.81. The number of carbonyl (C=O) groups is 1. The molecule has 2 fully saturated rings. The van der Waals surface area contributed by atoms with Crippen LogP contribution in [0.5, 0.6) is 5.75 Å². The summed E-state index contributed by atoms with van der Waals surface area (Å²) in [6.45, 7) is 3.28. The largest absolute Gasteiger partial charge is 0.495 e. The van der Waals surface area contributed by atoms with Crippen LogP contribution in [-0.4, -0.2) is 44.1 Å². The number of anilines is 2. The molecule has 1 aliphatic carbocycles. The normalized spacial score (nSPS) is 19.1. The minimum absolute atomic E-state index is 0.313. The lowest BCUT2D eigenvalue weighted by atomic mass is 10.2. The van der Waals surface area contributed by atoms with Gasteiger partial charge in [-0.1, -0.05) is 0 Å². The first-order valence-corrected chi connectivity index (χ1v) is 7.16. The molecule has 0 unspecified atom stereocenters. The van der Waals surface area contributed by atoms with Crippen LogP contribution in [0.15, 0.2) is 18.2 Å². The van der Waals surface area contributed by atoms with E-state index < -0.39 is 0 Å². The monoisotopic (exact) mass is 275 g/mol. The zero-order valence-corrected chi connectivity index (χ0v) is 11.8. The minimum atomic E-state index is 0.313. The van der Waals surface area contributed by atoms with E-state index in [1.165, 1.54) is 0 Å². The average molecular weight is 275 g/mol. The molecule has 5 nitrogen and oxygen atoms in total. The first kappa shape index (κ1) is 13.1. The highest BCUT2D eigenvalue weighted by Gasteiger charge is 2.34. The Hall–Kier alpha value is -1.91. The lowest BCUT2D eigenvalue weighted by molar-refractivity contribution is -0.132. The van der Waals surface area contributed by atoms with Gasteiger partial charge in [-0.15, -0.1) is 0 Å². The molecular formula is C15H21N3O2. The molecule has 0 aromatic heterocycles. The number of benzene rings is 1. The van der Waals surface area contributed by atoms with E-state index in [9.17, 15) is 4.79 Å². The summed E-state index contributed by atoms with van der Waals surface area (Å²) in [5.74, 6) is 1.45. The molecule has 2 N–H and O–H groups in total. The van der Waals surface area contributed by atoms with E-state index in [4.69, 9.17) is 10.5 Å². The number of amides is 1. The van der Waals surface area contributed by atoms with Crippen LogP contribution < -0.4 is 15.4 Å². The van der Waals surface area contributed by atoms with Crippen molar-refractivity contribution >= 4 is 17.3 Å². The smallest absolute Gasteiger partial charge is 0.225 e. The topological polar surface area (TPSA) is 58.8 Å². The molecule has 1 saturated heterocycles. The van der Waals surface area contributed by atoms with Crippen LogP contribution in [0.2, 0.25) is 0 Å². The Morgan fingerprint density at radius 2 is 1.95 bits per heavy atom. The van der Waals surface area contributed by atoms with Crippen LogP contribution in [0.25, 0.3) is 0 Å². The third-order valence-electron chi connectivity index (χ3n) is 4.06. The van der Waals surface area contributed by atoms with E-state index in [0.29, 0.717) is 17.5 Å². The van der Waals surface area contributed by atoms with E-state index >= 15 is 0 Å². The van der Waals surface area contributed by atoms with Gasteiger partial charge in [-0.3, -0.25) is 4.79 Å². The first-order valence-electron chi connectivity index (χ1n) is 7.16. The fourth-order valence-corrected chi connectivity index (χ4v) is 2.71. The molecule has 0 spiro atoms. The number of methoxy groups -OCH3 is 1. The maximum absolute atomic E-state index is 12.0. The van der Waals surface area contributed by atoms with Gasteiger partial charge in [0.1, 0.15) is 5.75 Å². The molecule has 1 aromatic rings. The lowest BCUT2D eigenvalue weighted by Crippen LogP contribution is -2.49. The van der Waals surface area contributed by atoms with E-state index in [1.54, 1.807) is 7.11 Å². The molecule has 0 radical (unpaired) electrons. The van der Waals surface area contributed by atoms with Gasteiger partial charge in [0.15, 0.2) is 0 Å². The van der Waals surface area contributed by atoms with E-state index in [-0.39, 0.29) is 0 Å². The van der Waals surface area contributed by atoms with Crippen molar-refractivity contribution in [2.45, 2.75) is 12.8 Å². The van der Waals surface area contributed by atoms with Crippen LogP contribution in [0.3, 0.4) is 0 Å². The van der Waals surface area contributed by atoms with Crippen LogP contribution in [0, 0.1) is 5.92 Å². The summed E-state index contributed by atoms with van der Waals surface area (Å²) in [6.07, 6.45) is 2.15. The average Bonchev–Trinajstić information content (AvgIpc) is 3.31. The third kappa shape index (κ3) is 2.53. The molecule has 1 saturated carbocycles. The highest BCUT2D eigenvalue weighted by atomic mass is 16.5. The quantitative estimate of drug-likeness (QED) is 0.846. The summed E-state index contributed by atoms with van der Waals surface area (Å²) < 4.78 is 5.40. The summed E-state index contributed by atoms with van der Waals surface area (Å²) in [6, 6.07) is 5.73. The molecule has 108 valence electrons. The number of carbonyl (C=O) groups excluding carboxylic acids is 1. The lowest BCUT2D eigenvalue weighted by Gasteiger charge is -2.36. The van der Waals surface area contributed by atoms with Gasteiger partial charge in [-0.05, 0) is 25.0 Å². The predicted octanol–water partition coefficient (Wildman–Crippen LogP) is 1.34. The van der Waals surface area contributed by atoms with Crippen molar-refractivity contribution in [1.29, 1.82) is 0 Å². The molecule has 0 atom stereocenters. The van der Waals surface area contributed by atoms with Crippen LogP contribution >= 0.6 is 0 Å². The number of rotatable bonds is 3. The second-order valence-electron chi connectivity index (χ2n) is 5.52. The first-order chi connectivity index (χ1) is 9.69. The van der Waals surface area contributed by atoms with Gasteiger partial charge >= 0.3 is 0 Å². The number of piperazine rings is 1. The second kappa shape index (κ2) is 5.23. The number of ether oxygens (including phenoxy) is 1. The number of hydrogen-bond donors (Lipinski definition) is 1. The van der Waals surface area contributed by atoms with Gasteiger partial charge in [-0.25, -0.2) is 0 Å². The van der Waals surface area contributed by atoms with Crippen molar-refractivity contribution in [2.24, 2.45) is 5.92 Å². The Kier molecular flexibility index (Phi) is 3.42. The van der Waals surface area contributed by atoms with Gasteiger partial charge in [0.25, 0.3) is 0 Å². The van der Waals surface area contributed by atoms with Gasteiger partial charge in [0, 0.05) is 43.9 Å². The number of nitrogens with two attached hydrogens (primary N) is 1. The van der Waals surface area contributed by atoms with Gasteiger partial charge in [0.2, 0.25) is 5.91 Å². The molecule has 1 aliphatic heterocycles. The number of nitrogen functional groups attached to an aromatic ring is 1. The van der Waals surface area contributed by atoms with Gasteiger partial charge in [-0.2, -0.15) is 0 Å². The minimum Gasteiger partial charge on any atom is -0.495 e. The SMILES string of the molecule is COc1cc(N)ccc1N1CCN(C(=O)C2CC2)CC1. The zero-order valence-electron chi connectivity index (χ0n) is 11.8. The standard InChI is InChI=1S/C15H21N3O2/c1-20-14-10-12(16)4-5-13(14)17-6-8-18(9-7-17)15(19)11-2-3-11/h4-5,10-11H,2-3,6-9,16H2,1H3. The Labute approximate surface area is 119 Å². The molecular weight excluding hydrogens is 254 g/mol. The van der Waals surface area contributed by atoms with Crippen molar-refractivity contribution in [3.05, 3.63) is 18.2 Å². The Morgan fingerprint density at radius 3 is 2.55 bits per heavy atom. The number of nitrogens with zero attached hydrogens (tertiary/aromatic N) is 2. The predicted molar refractivity (Wildman–Crippen MR) is 78.9 cm³/mol. The van der Waals surface area contributed by atoms with Crippen molar-refractivity contribution in [3.8, 4) is 5.75 Å². The number of hydrogen-bond acceptors (Lipinski definition) is 4. The molecule has 0 bridgehead atoms. The molecule has 1 aromatic carbocycles.